The molecule has 0 aromatic heterocycles. The third-order valence-corrected chi connectivity index (χ3v) is 3.03. The van der Waals surface area contributed by atoms with Crippen molar-refractivity contribution >= 4 is 11.8 Å². The Labute approximate surface area is 85.3 Å². The lowest BCUT2D eigenvalue weighted by Crippen LogP contribution is -2.25. The molecule has 0 bridgehead atoms. The van der Waals surface area contributed by atoms with Gasteiger partial charge in [0.15, 0.2) is 0 Å². The van der Waals surface area contributed by atoms with E-state index in [4.69, 9.17) is 0 Å². The summed E-state index contributed by atoms with van der Waals surface area (Å²) in [5.74, 6) is 0.174. The Morgan fingerprint density at radius 2 is 2.14 bits per heavy atom. The summed E-state index contributed by atoms with van der Waals surface area (Å²) in [6.07, 6.45) is 4.76. The van der Waals surface area contributed by atoms with Crippen molar-refractivity contribution in [2.45, 2.75) is 46.0 Å². The molecule has 1 heterocycles. The Morgan fingerprint density at radius 1 is 1.43 bits per heavy atom. The van der Waals surface area contributed by atoms with Crippen LogP contribution < -0.4 is 5.32 Å². The topological polar surface area (TPSA) is 46.2 Å². The Bertz CT molecular complexity index is 225. The maximum atomic E-state index is 11.4. The first-order chi connectivity index (χ1) is 6.69. The summed E-state index contributed by atoms with van der Waals surface area (Å²) in [6, 6.07) is 0. The molecule has 0 saturated carbocycles. The van der Waals surface area contributed by atoms with E-state index in [2.05, 4.69) is 19.2 Å². The minimum atomic E-state index is -0.102. The minimum absolute atomic E-state index is 0.0564. The van der Waals surface area contributed by atoms with Crippen LogP contribution in [0.1, 0.15) is 46.0 Å². The fourth-order valence-corrected chi connectivity index (χ4v) is 2.11. The van der Waals surface area contributed by atoms with Gasteiger partial charge in [0, 0.05) is 12.3 Å². The van der Waals surface area contributed by atoms with Crippen LogP contribution in [0.4, 0.5) is 0 Å². The van der Waals surface area contributed by atoms with Crippen LogP contribution in [0.15, 0.2) is 0 Å². The van der Waals surface area contributed by atoms with E-state index in [1.807, 2.05) is 0 Å². The van der Waals surface area contributed by atoms with Gasteiger partial charge < -0.3 is 0 Å². The van der Waals surface area contributed by atoms with Crippen LogP contribution in [0, 0.1) is 11.8 Å². The van der Waals surface area contributed by atoms with E-state index in [1.54, 1.807) is 0 Å². The third-order valence-electron chi connectivity index (χ3n) is 3.03. The van der Waals surface area contributed by atoms with Gasteiger partial charge in [-0.3, -0.25) is 14.9 Å². The number of nitrogens with one attached hydrogen (secondary N) is 1. The maximum absolute atomic E-state index is 11.4. The monoisotopic (exact) mass is 197 g/mol. The van der Waals surface area contributed by atoms with Crippen LogP contribution in [-0.4, -0.2) is 11.8 Å². The largest absolute Gasteiger partial charge is 0.296 e. The summed E-state index contributed by atoms with van der Waals surface area (Å²) in [5.41, 5.74) is 0. The zero-order chi connectivity index (χ0) is 10.6. The molecule has 80 valence electrons. The summed E-state index contributed by atoms with van der Waals surface area (Å²) in [7, 11) is 0. The lowest BCUT2D eigenvalue weighted by atomic mass is 9.85. The fraction of sp³-hybridized carbons (Fsp3) is 0.818. The lowest BCUT2D eigenvalue weighted by Gasteiger charge is -2.18. The molecule has 0 radical (unpaired) electrons. The number of unbranched alkanes of at least 4 members (excludes halogenated alkanes) is 1. The molecule has 0 aromatic rings. The van der Waals surface area contributed by atoms with Crippen LogP contribution in [-0.2, 0) is 9.59 Å². The van der Waals surface area contributed by atoms with Crippen molar-refractivity contribution in [1.82, 2.24) is 5.32 Å². The molecule has 0 aromatic carbocycles. The molecule has 2 atom stereocenters. The molecule has 3 heteroatoms. The highest BCUT2D eigenvalue weighted by atomic mass is 16.2. The van der Waals surface area contributed by atoms with E-state index < -0.39 is 0 Å². The molecular formula is C11H19NO2. The number of carbonyl (C=O) groups is 2. The van der Waals surface area contributed by atoms with Crippen LogP contribution in [0.5, 0.6) is 0 Å². The summed E-state index contributed by atoms with van der Waals surface area (Å²) in [5, 5.41) is 2.38. The molecule has 1 N–H and O–H groups in total. The van der Waals surface area contributed by atoms with E-state index >= 15 is 0 Å². The summed E-state index contributed by atoms with van der Waals surface area (Å²) < 4.78 is 0. The Kier molecular flexibility index (Phi) is 4.11. The van der Waals surface area contributed by atoms with Gasteiger partial charge in [0.05, 0.1) is 0 Å². The zero-order valence-electron chi connectivity index (χ0n) is 9.01. The van der Waals surface area contributed by atoms with Crippen LogP contribution in [0.3, 0.4) is 0 Å². The van der Waals surface area contributed by atoms with Crippen molar-refractivity contribution in [2.75, 3.05) is 0 Å². The van der Waals surface area contributed by atoms with Crippen LogP contribution >= 0.6 is 0 Å². The molecule has 0 spiro atoms. The first-order valence-electron chi connectivity index (χ1n) is 5.52. The molecule has 1 fully saturated rings. The van der Waals surface area contributed by atoms with Gasteiger partial charge in [0.1, 0.15) is 0 Å². The van der Waals surface area contributed by atoms with E-state index in [0.29, 0.717) is 12.3 Å². The minimum Gasteiger partial charge on any atom is -0.296 e. The van der Waals surface area contributed by atoms with Gasteiger partial charge in [-0.1, -0.05) is 33.1 Å². The van der Waals surface area contributed by atoms with E-state index in [0.717, 1.165) is 25.7 Å². The van der Waals surface area contributed by atoms with Gasteiger partial charge in [0.25, 0.3) is 0 Å². The Hall–Kier alpha value is -0.860. The molecule has 14 heavy (non-hydrogen) atoms. The molecule has 1 rings (SSSR count). The van der Waals surface area contributed by atoms with E-state index in [9.17, 15) is 9.59 Å². The van der Waals surface area contributed by atoms with E-state index in [-0.39, 0.29) is 17.7 Å². The van der Waals surface area contributed by atoms with Crippen molar-refractivity contribution in [3.8, 4) is 0 Å². The summed E-state index contributed by atoms with van der Waals surface area (Å²) in [4.78, 5) is 22.4. The second-order valence-electron chi connectivity index (χ2n) is 4.03. The third kappa shape index (κ3) is 2.56. The van der Waals surface area contributed by atoms with Gasteiger partial charge in [-0.05, 0) is 12.3 Å². The lowest BCUT2D eigenvalue weighted by molar-refractivity contribution is -0.126. The van der Waals surface area contributed by atoms with Crippen molar-refractivity contribution in [1.29, 1.82) is 0 Å². The fourth-order valence-electron chi connectivity index (χ4n) is 2.11. The predicted molar refractivity (Wildman–Crippen MR) is 54.6 cm³/mol. The van der Waals surface area contributed by atoms with Crippen molar-refractivity contribution < 1.29 is 9.59 Å². The normalized spacial score (nSPS) is 23.7. The van der Waals surface area contributed by atoms with Gasteiger partial charge in [-0.2, -0.15) is 0 Å². The summed E-state index contributed by atoms with van der Waals surface area (Å²) in [6.45, 7) is 4.24. The molecule has 1 aliphatic rings. The smallest absolute Gasteiger partial charge is 0.230 e. The number of carbonyl (C=O) groups excluding carboxylic acids is 2. The Balaban J connectivity index is 2.51. The standard InChI is InChI=1S/C11H19NO2/c1-3-5-6-8(4-2)9-7-10(13)12-11(9)14/h8-9H,3-7H2,1-2H3,(H,12,13,14). The molecule has 3 nitrogen and oxygen atoms in total. The molecule has 1 saturated heterocycles. The number of rotatable bonds is 5. The second kappa shape index (κ2) is 5.13. The SMILES string of the molecule is CCCCC(CC)C1CC(=O)NC1=O. The highest BCUT2D eigenvalue weighted by Gasteiger charge is 2.35. The molecule has 2 amide bonds. The van der Waals surface area contributed by atoms with Gasteiger partial charge in [0.2, 0.25) is 11.8 Å². The molecule has 1 aliphatic heterocycles. The maximum Gasteiger partial charge on any atom is 0.230 e. The van der Waals surface area contributed by atoms with Gasteiger partial charge >= 0.3 is 0 Å². The predicted octanol–water partition coefficient (Wildman–Crippen LogP) is 1.87. The van der Waals surface area contributed by atoms with Crippen LogP contribution in [0.25, 0.3) is 0 Å². The van der Waals surface area contributed by atoms with Crippen molar-refractivity contribution in [3.63, 3.8) is 0 Å². The van der Waals surface area contributed by atoms with E-state index in [1.165, 1.54) is 0 Å². The average molecular weight is 197 g/mol. The van der Waals surface area contributed by atoms with Crippen molar-refractivity contribution in [3.05, 3.63) is 0 Å². The highest BCUT2D eigenvalue weighted by Crippen LogP contribution is 2.27. The number of imide groups is 1. The Morgan fingerprint density at radius 3 is 2.57 bits per heavy atom. The average Bonchev–Trinajstić information content (AvgIpc) is 2.47. The number of amides is 2. The number of hydrogen-bond donors (Lipinski definition) is 1. The molecule has 0 aliphatic carbocycles. The molecular weight excluding hydrogens is 178 g/mol. The second-order valence-corrected chi connectivity index (χ2v) is 4.03. The number of hydrogen-bond acceptors (Lipinski definition) is 2. The van der Waals surface area contributed by atoms with Gasteiger partial charge in [-0.25, -0.2) is 0 Å². The first kappa shape index (κ1) is 11.2. The van der Waals surface area contributed by atoms with Gasteiger partial charge in [-0.15, -0.1) is 0 Å². The summed E-state index contributed by atoms with van der Waals surface area (Å²) >= 11 is 0. The zero-order valence-corrected chi connectivity index (χ0v) is 9.01. The van der Waals surface area contributed by atoms with Crippen LogP contribution in [0.2, 0.25) is 0 Å². The highest BCUT2D eigenvalue weighted by molar-refractivity contribution is 6.03. The first-order valence-corrected chi connectivity index (χ1v) is 5.52. The molecule has 2 unspecified atom stereocenters. The quantitative estimate of drug-likeness (QED) is 0.684. The van der Waals surface area contributed by atoms with Crippen molar-refractivity contribution in [2.24, 2.45) is 11.8 Å².